The lowest BCUT2D eigenvalue weighted by molar-refractivity contribution is -0.122. The zero-order chi connectivity index (χ0) is 19.7. The molecule has 8 heteroatoms. The number of phenols is 1. The Morgan fingerprint density at radius 1 is 1.15 bits per heavy atom. The maximum absolute atomic E-state index is 12.8. The lowest BCUT2D eigenvalue weighted by atomic mass is 10.1. The largest absolute Gasteiger partial charge is 0.503 e. The third-order valence-corrected chi connectivity index (χ3v) is 4.58. The maximum Gasteiger partial charge on any atom is 0.335 e. The van der Waals surface area contributed by atoms with Gasteiger partial charge in [-0.2, -0.15) is 0 Å². The van der Waals surface area contributed by atoms with Crippen LogP contribution in [0.15, 0.2) is 46.4 Å². The highest BCUT2D eigenvalue weighted by Crippen LogP contribution is 2.36. The van der Waals surface area contributed by atoms with Crippen LogP contribution < -0.4 is 15.0 Å². The maximum atomic E-state index is 12.8. The second-order valence-electron chi connectivity index (χ2n) is 5.85. The molecule has 0 bridgehead atoms. The van der Waals surface area contributed by atoms with Crippen LogP contribution in [0.4, 0.5) is 10.5 Å². The number of amides is 4. The van der Waals surface area contributed by atoms with Crippen LogP contribution in [0.2, 0.25) is 0 Å². The van der Waals surface area contributed by atoms with Gasteiger partial charge in [0.15, 0.2) is 11.5 Å². The Balaban J connectivity index is 2.04. The number of barbiturate groups is 1. The number of nitrogens with zero attached hydrogens (tertiary/aromatic N) is 1. The Kier molecular flexibility index (Phi) is 5.00. The van der Waals surface area contributed by atoms with Gasteiger partial charge >= 0.3 is 6.03 Å². The molecule has 0 saturated carbocycles. The van der Waals surface area contributed by atoms with Crippen molar-refractivity contribution in [1.82, 2.24) is 5.32 Å². The van der Waals surface area contributed by atoms with E-state index in [2.05, 4.69) is 21.2 Å². The second-order valence-corrected chi connectivity index (χ2v) is 6.70. The first-order chi connectivity index (χ1) is 12.8. The van der Waals surface area contributed by atoms with E-state index in [0.717, 1.165) is 10.5 Å². The topological polar surface area (TPSA) is 95.9 Å². The molecule has 1 heterocycles. The van der Waals surface area contributed by atoms with E-state index in [-0.39, 0.29) is 17.1 Å². The number of rotatable bonds is 3. The molecule has 1 aliphatic heterocycles. The number of aromatic hydroxyl groups is 1. The molecule has 2 aromatic carbocycles. The quantitative estimate of drug-likeness (QED) is 0.575. The normalized spacial score (nSPS) is 15.9. The van der Waals surface area contributed by atoms with Gasteiger partial charge < -0.3 is 9.84 Å². The number of phenolic OH excluding ortho intramolecular Hbond substituents is 1. The molecule has 2 N–H and O–H groups in total. The minimum Gasteiger partial charge on any atom is -0.503 e. The minimum absolute atomic E-state index is 0.101. The first-order valence-corrected chi connectivity index (χ1v) is 8.65. The van der Waals surface area contributed by atoms with E-state index < -0.39 is 17.8 Å². The van der Waals surface area contributed by atoms with Gasteiger partial charge in [-0.25, -0.2) is 9.69 Å². The van der Waals surface area contributed by atoms with Gasteiger partial charge in [0.1, 0.15) is 5.57 Å². The molecule has 1 saturated heterocycles. The number of halogens is 1. The molecule has 27 heavy (non-hydrogen) atoms. The SMILES string of the molecule is COc1cc(/C=C2\C(=O)NC(=O)N(c3ccc(C)cc3)C2=O)cc(Br)c1O. The van der Waals surface area contributed by atoms with Crippen LogP contribution in [0.3, 0.4) is 0 Å². The van der Waals surface area contributed by atoms with Crippen molar-refractivity contribution in [3.63, 3.8) is 0 Å². The smallest absolute Gasteiger partial charge is 0.335 e. The van der Waals surface area contributed by atoms with Crippen LogP contribution in [0.1, 0.15) is 11.1 Å². The number of benzene rings is 2. The van der Waals surface area contributed by atoms with E-state index in [4.69, 9.17) is 4.74 Å². The van der Waals surface area contributed by atoms with Crippen LogP contribution in [0.5, 0.6) is 11.5 Å². The van der Waals surface area contributed by atoms with Crippen LogP contribution in [0.25, 0.3) is 6.08 Å². The highest BCUT2D eigenvalue weighted by atomic mass is 79.9. The third-order valence-electron chi connectivity index (χ3n) is 3.98. The number of anilines is 1. The first-order valence-electron chi connectivity index (χ1n) is 7.86. The number of hydrogen-bond donors (Lipinski definition) is 2. The van der Waals surface area contributed by atoms with Crippen molar-refractivity contribution in [2.24, 2.45) is 0 Å². The van der Waals surface area contributed by atoms with Crippen LogP contribution in [-0.2, 0) is 9.59 Å². The van der Waals surface area contributed by atoms with Gasteiger partial charge in [0.05, 0.1) is 17.3 Å². The molecule has 0 spiro atoms. The van der Waals surface area contributed by atoms with Crippen molar-refractivity contribution in [2.45, 2.75) is 6.92 Å². The molecule has 4 amide bonds. The molecule has 0 unspecified atom stereocenters. The predicted molar refractivity (Wildman–Crippen MR) is 103 cm³/mol. The van der Waals surface area contributed by atoms with E-state index in [1.165, 1.54) is 25.3 Å². The average Bonchev–Trinajstić information content (AvgIpc) is 2.62. The molecular formula is C19H15BrN2O5. The van der Waals surface area contributed by atoms with Crippen molar-refractivity contribution in [2.75, 3.05) is 12.0 Å². The van der Waals surface area contributed by atoms with Gasteiger partial charge in [-0.15, -0.1) is 0 Å². The van der Waals surface area contributed by atoms with E-state index >= 15 is 0 Å². The highest BCUT2D eigenvalue weighted by Gasteiger charge is 2.36. The number of hydrogen-bond acceptors (Lipinski definition) is 5. The molecular weight excluding hydrogens is 416 g/mol. The molecule has 0 aliphatic carbocycles. The van der Waals surface area contributed by atoms with Crippen LogP contribution in [0, 0.1) is 6.92 Å². The number of imide groups is 2. The zero-order valence-corrected chi connectivity index (χ0v) is 16.0. The standard InChI is InChI=1S/C19H15BrN2O5/c1-10-3-5-12(6-4-10)22-18(25)13(17(24)21-19(22)26)7-11-8-14(20)16(23)15(9-11)27-2/h3-9,23H,1-2H3,(H,21,24,26)/b13-7+. The fourth-order valence-electron chi connectivity index (χ4n) is 2.59. The number of carbonyl (C=O) groups excluding carboxylic acids is 3. The number of urea groups is 1. The molecule has 1 aliphatic rings. The summed E-state index contributed by atoms with van der Waals surface area (Å²) < 4.78 is 5.41. The van der Waals surface area contributed by atoms with E-state index in [0.29, 0.717) is 15.7 Å². The Hall–Kier alpha value is -3.13. The van der Waals surface area contributed by atoms with Crippen LogP contribution >= 0.6 is 15.9 Å². The van der Waals surface area contributed by atoms with Crippen molar-refractivity contribution < 1.29 is 24.2 Å². The van der Waals surface area contributed by atoms with Crippen molar-refractivity contribution in [3.8, 4) is 11.5 Å². The summed E-state index contributed by atoms with van der Waals surface area (Å²) >= 11 is 3.19. The van der Waals surface area contributed by atoms with Gasteiger partial charge in [-0.1, -0.05) is 17.7 Å². The Bertz CT molecular complexity index is 982. The van der Waals surface area contributed by atoms with Gasteiger partial charge in [-0.05, 0) is 58.8 Å². The summed E-state index contributed by atoms with van der Waals surface area (Å²) in [5.41, 5.74) is 1.55. The van der Waals surface area contributed by atoms with Crippen molar-refractivity contribution in [1.29, 1.82) is 0 Å². The minimum atomic E-state index is -0.810. The second kappa shape index (κ2) is 7.24. The molecule has 1 fully saturated rings. The third kappa shape index (κ3) is 3.56. The van der Waals surface area contributed by atoms with Gasteiger partial charge in [-0.3, -0.25) is 14.9 Å². The number of ether oxygens (including phenoxy) is 1. The number of aryl methyl sites for hydroxylation is 1. The summed E-state index contributed by atoms with van der Waals surface area (Å²) in [5, 5.41) is 12.1. The molecule has 7 nitrogen and oxygen atoms in total. The fourth-order valence-corrected chi connectivity index (χ4v) is 3.04. The Morgan fingerprint density at radius 2 is 1.81 bits per heavy atom. The monoisotopic (exact) mass is 430 g/mol. The van der Waals surface area contributed by atoms with Crippen molar-refractivity contribution in [3.05, 3.63) is 57.6 Å². The highest BCUT2D eigenvalue weighted by molar-refractivity contribution is 9.10. The molecule has 2 aromatic rings. The van der Waals surface area contributed by atoms with Gasteiger partial charge in [0.25, 0.3) is 11.8 Å². The summed E-state index contributed by atoms with van der Waals surface area (Å²) in [5.74, 6) is -1.46. The van der Waals surface area contributed by atoms with Gasteiger partial charge in [0, 0.05) is 0 Å². The zero-order valence-electron chi connectivity index (χ0n) is 14.4. The Morgan fingerprint density at radius 3 is 2.44 bits per heavy atom. The average molecular weight is 431 g/mol. The molecule has 0 aromatic heterocycles. The molecule has 0 radical (unpaired) electrons. The van der Waals surface area contributed by atoms with E-state index in [1.54, 1.807) is 24.3 Å². The predicted octanol–water partition coefficient (Wildman–Crippen LogP) is 3.14. The summed E-state index contributed by atoms with van der Waals surface area (Å²) in [6.45, 7) is 1.88. The summed E-state index contributed by atoms with van der Waals surface area (Å²) in [7, 11) is 1.38. The van der Waals surface area contributed by atoms with Crippen LogP contribution in [-0.4, -0.2) is 30.1 Å². The molecule has 0 atom stereocenters. The van der Waals surface area contributed by atoms with Gasteiger partial charge in [0.2, 0.25) is 0 Å². The number of nitrogens with one attached hydrogen (secondary N) is 1. The molecule has 3 rings (SSSR count). The fraction of sp³-hybridized carbons (Fsp3) is 0.105. The molecule has 138 valence electrons. The van der Waals surface area contributed by atoms with Crippen molar-refractivity contribution >= 4 is 45.5 Å². The Labute approximate surface area is 163 Å². The number of carbonyl (C=O) groups is 3. The summed E-state index contributed by atoms with van der Waals surface area (Å²) in [6.07, 6.45) is 1.33. The van der Waals surface area contributed by atoms with E-state index in [9.17, 15) is 19.5 Å². The van der Waals surface area contributed by atoms with E-state index in [1.807, 2.05) is 6.92 Å². The lowest BCUT2D eigenvalue weighted by Crippen LogP contribution is -2.54. The summed E-state index contributed by atoms with van der Waals surface area (Å²) in [6, 6.07) is 8.96. The summed E-state index contributed by atoms with van der Waals surface area (Å²) in [4.78, 5) is 38.1. The first kappa shape index (κ1) is 18.7. The number of methoxy groups -OCH3 is 1. The lowest BCUT2D eigenvalue weighted by Gasteiger charge is -2.26.